The predicted molar refractivity (Wildman–Crippen MR) is 76.1 cm³/mol. The van der Waals surface area contributed by atoms with Crippen molar-refractivity contribution < 1.29 is 17.9 Å². The maximum atomic E-state index is 12.7. The minimum Gasteiger partial charge on any atom is -0.376 e. The summed E-state index contributed by atoms with van der Waals surface area (Å²) in [7, 11) is 1.68. The van der Waals surface area contributed by atoms with Gasteiger partial charge >= 0.3 is 6.18 Å². The first-order chi connectivity index (χ1) is 9.93. The first-order valence-corrected chi connectivity index (χ1v) is 7.38. The number of rotatable bonds is 6. The summed E-state index contributed by atoms with van der Waals surface area (Å²) in [6.07, 6.45) is -0.353. The van der Waals surface area contributed by atoms with E-state index < -0.39 is 11.7 Å². The smallest absolute Gasteiger partial charge is 0.376 e. The van der Waals surface area contributed by atoms with Crippen molar-refractivity contribution in [2.45, 2.75) is 50.4 Å². The number of nitrogens with one attached hydrogen (secondary N) is 1. The van der Waals surface area contributed by atoms with E-state index in [0.29, 0.717) is 0 Å². The fraction of sp³-hybridized carbons (Fsp3) is 0.625. The molecule has 1 unspecified atom stereocenters. The number of benzene rings is 1. The van der Waals surface area contributed by atoms with Crippen LogP contribution in [0.4, 0.5) is 13.2 Å². The minimum absolute atomic E-state index is 0.0570. The fourth-order valence-electron chi connectivity index (χ4n) is 2.90. The molecule has 1 fully saturated rings. The maximum Gasteiger partial charge on any atom is 0.416 e. The second-order valence-electron chi connectivity index (χ2n) is 5.63. The number of alkyl halides is 3. The van der Waals surface area contributed by atoms with Crippen LogP contribution in [0.3, 0.4) is 0 Å². The lowest BCUT2D eigenvalue weighted by Gasteiger charge is -2.47. The van der Waals surface area contributed by atoms with Crippen molar-refractivity contribution in [3.63, 3.8) is 0 Å². The van der Waals surface area contributed by atoms with Crippen molar-refractivity contribution in [2.75, 3.05) is 13.7 Å². The summed E-state index contributed by atoms with van der Waals surface area (Å²) in [4.78, 5) is 0. The molecule has 1 aliphatic rings. The van der Waals surface area contributed by atoms with Crippen LogP contribution in [0.2, 0.25) is 0 Å². The monoisotopic (exact) mass is 301 g/mol. The van der Waals surface area contributed by atoms with Gasteiger partial charge in [0.2, 0.25) is 0 Å². The summed E-state index contributed by atoms with van der Waals surface area (Å²) < 4.78 is 43.7. The van der Waals surface area contributed by atoms with Gasteiger partial charge in [0, 0.05) is 7.11 Å². The van der Waals surface area contributed by atoms with Crippen molar-refractivity contribution in [3.8, 4) is 0 Å². The van der Waals surface area contributed by atoms with Gasteiger partial charge in [-0.05, 0) is 49.9 Å². The third-order valence-corrected chi connectivity index (χ3v) is 4.30. The van der Waals surface area contributed by atoms with Crippen LogP contribution < -0.4 is 5.32 Å². The third-order valence-electron chi connectivity index (χ3n) is 4.30. The number of hydrogen-bond donors (Lipinski definition) is 1. The molecule has 1 aromatic rings. The number of hydrogen-bond acceptors (Lipinski definition) is 2. The number of halogens is 3. The molecule has 0 saturated heterocycles. The Morgan fingerprint density at radius 3 is 2.24 bits per heavy atom. The van der Waals surface area contributed by atoms with E-state index in [1.165, 1.54) is 0 Å². The van der Waals surface area contributed by atoms with Crippen LogP contribution in [0.5, 0.6) is 0 Å². The van der Waals surface area contributed by atoms with Crippen LogP contribution in [0.15, 0.2) is 24.3 Å². The average Bonchev–Trinajstić information content (AvgIpc) is 2.41. The lowest BCUT2D eigenvalue weighted by atomic mass is 9.72. The number of ether oxygens (including phenoxy) is 1. The maximum absolute atomic E-state index is 12.7. The molecular weight excluding hydrogens is 279 g/mol. The second-order valence-corrected chi connectivity index (χ2v) is 5.63. The second kappa shape index (κ2) is 6.36. The molecule has 1 atom stereocenters. The summed E-state index contributed by atoms with van der Waals surface area (Å²) in [6.45, 7) is 2.88. The van der Waals surface area contributed by atoms with Gasteiger partial charge in [-0.3, -0.25) is 0 Å². The van der Waals surface area contributed by atoms with E-state index in [4.69, 9.17) is 4.74 Å². The van der Waals surface area contributed by atoms with Gasteiger partial charge in [-0.1, -0.05) is 19.1 Å². The van der Waals surface area contributed by atoms with E-state index in [9.17, 15) is 13.2 Å². The summed E-state index contributed by atoms with van der Waals surface area (Å²) in [5.74, 6) is 0. The van der Waals surface area contributed by atoms with Crippen LogP contribution >= 0.6 is 0 Å². The van der Waals surface area contributed by atoms with Gasteiger partial charge in [-0.15, -0.1) is 0 Å². The van der Waals surface area contributed by atoms with Gasteiger partial charge in [0.15, 0.2) is 0 Å². The Morgan fingerprint density at radius 1 is 1.24 bits per heavy atom. The molecule has 1 aliphatic carbocycles. The molecule has 0 bridgehead atoms. The minimum atomic E-state index is -4.29. The van der Waals surface area contributed by atoms with E-state index in [2.05, 4.69) is 12.2 Å². The summed E-state index contributed by atoms with van der Waals surface area (Å²) >= 11 is 0. The lowest BCUT2D eigenvalue weighted by molar-refractivity contribution is -0.137. The Morgan fingerprint density at radius 2 is 1.86 bits per heavy atom. The van der Waals surface area contributed by atoms with E-state index in [1.807, 2.05) is 0 Å². The molecule has 21 heavy (non-hydrogen) atoms. The Hall–Kier alpha value is -1.07. The normalized spacial score (nSPS) is 19.1. The highest BCUT2D eigenvalue weighted by Crippen LogP contribution is 2.45. The van der Waals surface area contributed by atoms with Crippen molar-refractivity contribution in [1.82, 2.24) is 5.32 Å². The average molecular weight is 301 g/mol. The molecule has 2 nitrogen and oxygen atoms in total. The zero-order valence-corrected chi connectivity index (χ0v) is 12.5. The predicted octanol–water partition coefficient (Wildman–Crippen LogP) is 4.32. The molecule has 0 spiro atoms. The van der Waals surface area contributed by atoms with Crippen LogP contribution in [-0.2, 0) is 10.9 Å². The van der Waals surface area contributed by atoms with Crippen LogP contribution in [0.25, 0.3) is 0 Å². The molecule has 0 aliphatic heterocycles. The first kappa shape index (κ1) is 16.3. The molecule has 118 valence electrons. The molecular formula is C16H22F3NO. The molecule has 0 amide bonds. The van der Waals surface area contributed by atoms with Gasteiger partial charge in [-0.2, -0.15) is 13.2 Å². The topological polar surface area (TPSA) is 21.3 Å². The highest BCUT2D eigenvalue weighted by atomic mass is 19.4. The van der Waals surface area contributed by atoms with Crippen molar-refractivity contribution >= 4 is 0 Å². The van der Waals surface area contributed by atoms with Crippen LogP contribution in [-0.4, -0.2) is 19.3 Å². The molecule has 0 aromatic heterocycles. The van der Waals surface area contributed by atoms with Crippen molar-refractivity contribution in [1.29, 1.82) is 0 Å². The number of methoxy groups -OCH3 is 1. The largest absolute Gasteiger partial charge is 0.416 e. The Labute approximate surface area is 123 Å². The van der Waals surface area contributed by atoms with Crippen LogP contribution in [0, 0.1) is 0 Å². The van der Waals surface area contributed by atoms with E-state index >= 15 is 0 Å². The standard InChI is InChI=1S/C16H22F3NO/c1-3-11-20-14(15(21-2)9-4-10-15)12-5-7-13(8-6-12)16(17,18)19/h5-8,14,20H,3-4,9-11H2,1-2H3. The van der Waals surface area contributed by atoms with Crippen molar-refractivity contribution in [2.24, 2.45) is 0 Å². The lowest BCUT2D eigenvalue weighted by Crippen LogP contribution is -2.50. The molecule has 0 radical (unpaired) electrons. The first-order valence-electron chi connectivity index (χ1n) is 7.38. The fourth-order valence-corrected chi connectivity index (χ4v) is 2.90. The summed E-state index contributed by atoms with van der Waals surface area (Å²) in [5.41, 5.74) is -0.0341. The van der Waals surface area contributed by atoms with E-state index in [0.717, 1.165) is 49.9 Å². The third kappa shape index (κ3) is 3.40. The Balaban J connectivity index is 2.24. The quantitative estimate of drug-likeness (QED) is 0.845. The van der Waals surface area contributed by atoms with E-state index in [1.54, 1.807) is 19.2 Å². The summed E-state index contributed by atoms with van der Waals surface area (Å²) in [6, 6.07) is 5.37. The van der Waals surface area contributed by atoms with Gasteiger partial charge in [0.1, 0.15) is 0 Å². The molecule has 0 heterocycles. The van der Waals surface area contributed by atoms with E-state index in [-0.39, 0.29) is 11.6 Å². The molecule has 1 saturated carbocycles. The Kier molecular flexibility index (Phi) is 4.94. The molecule has 1 N–H and O–H groups in total. The van der Waals surface area contributed by atoms with Gasteiger partial charge < -0.3 is 10.1 Å². The van der Waals surface area contributed by atoms with Gasteiger partial charge in [0.05, 0.1) is 17.2 Å². The zero-order chi connectivity index (χ0) is 15.5. The summed E-state index contributed by atoms with van der Waals surface area (Å²) in [5, 5.41) is 3.43. The molecule has 2 rings (SSSR count). The van der Waals surface area contributed by atoms with Crippen LogP contribution in [0.1, 0.15) is 49.8 Å². The molecule has 1 aromatic carbocycles. The SMILES string of the molecule is CCCNC(c1ccc(C(F)(F)F)cc1)C1(OC)CCC1. The van der Waals surface area contributed by atoms with Gasteiger partial charge in [0.25, 0.3) is 0 Å². The van der Waals surface area contributed by atoms with Gasteiger partial charge in [-0.25, -0.2) is 0 Å². The highest BCUT2D eigenvalue weighted by Gasteiger charge is 2.45. The molecule has 5 heteroatoms. The highest BCUT2D eigenvalue weighted by molar-refractivity contribution is 5.29. The van der Waals surface area contributed by atoms with Crippen molar-refractivity contribution in [3.05, 3.63) is 35.4 Å². The Bertz CT molecular complexity index is 446. The zero-order valence-electron chi connectivity index (χ0n) is 12.5.